The summed E-state index contributed by atoms with van der Waals surface area (Å²) < 4.78 is 0. The van der Waals surface area contributed by atoms with Crippen molar-refractivity contribution in [2.75, 3.05) is 18.4 Å². The number of likely N-dealkylation sites (tertiary alicyclic amines) is 1. The average molecular weight is 452 g/mol. The van der Waals surface area contributed by atoms with Crippen molar-refractivity contribution in [1.29, 1.82) is 5.26 Å². The van der Waals surface area contributed by atoms with Gasteiger partial charge in [-0.1, -0.05) is 25.4 Å². The first kappa shape index (κ1) is 22.1. The highest BCUT2D eigenvalue weighted by Gasteiger charge is 2.40. The van der Waals surface area contributed by atoms with Gasteiger partial charge >= 0.3 is 6.03 Å². The Hall–Kier alpha value is -3.08. The second kappa shape index (κ2) is 8.81. The summed E-state index contributed by atoms with van der Waals surface area (Å²) in [5.41, 5.74) is 2.38. The molecule has 0 spiro atoms. The van der Waals surface area contributed by atoms with Crippen LogP contribution >= 0.6 is 11.6 Å². The first-order valence-electron chi connectivity index (χ1n) is 10.7. The number of rotatable bonds is 4. The molecule has 166 valence electrons. The van der Waals surface area contributed by atoms with Crippen LogP contribution in [0.15, 0.2) is 42.6 Å². The lowest BCUT2D eigenvalue weighted by atomic mass is 9.68. The summed E-state index contributed by atoms with van der Waals surface area (Å²) >= 11 is 6.27. The third kappa shape index (κ3) is 4.29. The van der Waals surface area contributed by atoms with Crippen molar-refractivity contribution in [2.24, 2.45) is 11.3 Å². The van der Waals surface area contributed by atoms with Gasteiger partial charge in [0.2, 0.25) is 0 Å². The molecule has 32 heavy (non-hydrogen) atoms. The molecule has 0 bridgehead atoms. The first-order valence-corrected chi connectivity index (χ1v) is 11.0. The van der Waals surface area contributed by atoms with Crippen LogP contribution in [0.1, 0.15) is 43.9 Å². The number of aliphatic hydroxyl groups is 1. The van der Waals surface area contributed by atoms with E-state index in [1.807, 2.05) is 6.07 Å². The number of urea groups is 1. The molecule has 1 aliphatic rings. The van der Waals surface area contributed by atoms with Crippen LogP contribution < -0.4 is 5.32 Å². The monoisotopic (exact) mass is 451 g/mol. The Balaban J connectivity index is 1.41. The van der Waals surface area contributed by atoms with E-state index in [1.54, 1.807) is 41.4 Å². The number of fused-ring (bicyclic) bond motifs is 1. The molecule has 1 saturated heterocycles. The second-order valence-corrected chi connectivity index (χ2v) is 9.37. The number of nitrogens with zero attached hydrogens (tertiary/aromatic N) is 3. The minimum absolute atomic E-state index is 0.151. The van der Waals surface area contributed by atoms with Gasteiger partial charge in [0.1, 0.15) is 0 Å². The number of aliphatic hydroxyl groups excluding tert-OH is 1. The highest BCUT2D eigenvalue weighted by Crippen LogP contribution is 2.46. The number of halogens is 1. The van der Waals surface area contributed by atoms with Crippen LogP contribution in [-0.2, 0) is 0 Å². The quantitative estimate of drug-likeness (QED) is 0.513. The van der Waals surface area contributed by atoms with Crippen LogP contribution in [0.2, 0.25) is 5.02 Å². The van der Waals surface area contributed by atoms with Crippen LogP contribution in [-0.4, -0.2) is 39.3 Å². The van der Waals surface area contributed by atoms with E-state index in [1.165, 1.54) is 0 Å². The topological polar surface area (TPSA) is 105 Å². The third-order valence-corrected chi connectivity index (χ3v) is 6.87. The molecule has 1 fully saturated rings. The van der Waals surface area contributed by atoms with Gasteiger partial charge in [0.05, 0.1) is 29.5 Å². The van der Waals surface area contributed by atoms with E-state index >= 15 is 0 Å². The van der Waals surface area contributed by atoms with Gasteiger partial charge in [0.25, 0.3) is 0 Å². The Morgan fingerprint density at radius 3 is 2.66 bits per heavy atom. The normalized spacial score (nSPS) is 16.0. The maximum absolute atomic E-state index is 12.7. The molecule has 8 heteroatoms. The van der Waals surface area contributed by atoms with E-state index in [-0.39, 0.29) is 11.9 Å². The first-order chi connectivity index (χ1) is 15.3. The number of nitrogens with one attached hydrogen (secondary N) is 2. The number of aromatic nitrogens is 2. The predicted octanol–water partition coefficient (Wildman–Crippen LogP) is 5.09. The number of anilines is 1. The molecule has 0 saturated carbocycles. The Labute approximate surface area is 192 Å². The predicted molar refractivity (Wildman–Crippen MR) is 124 cm³/mol. The van der Waals surface area contributed by atoms with Gasteiger partial charge in [-0.25, -0.2) is 4.79 Å². The fourth-order valence-electron chi connectivity index (χ4n) is 4.55. The maximum Gasteiger partial charge on any atom is 0.321 e. The summed E-state index contributed by atoms with van der Waals surface area (Å²) in [4.78, 5) is 14.5. The van der Waals surface area contributed by atoms with Gasteiger partial charge in [-0.3, -0.25) is 5.10 Å². The van der Waals surface area contributed by atoms with E-state index in [0.717, 1.165) is 29.3 Å². The van der Waals surface area contributed by atoms with Crippen LogP contribution in [0.25, 0.3) is 10.9 Å². The Bertz CT molecular complexity index is 1160. The zero-order valence-corrected chi connectivity index (χ0v) is 18.9. The molecule has 1 aliphatic heterocycles. The largest absolute Gasteiger partial charge is 0.388 e. The fraction of sp³-hybridized carbons (Fsp3) is 0.375. The number of hydrogen-bond acceptors (Lipinski definition) is 4. The van der Waals surface area contributed by atoms with E-state index in [9.17, 15) is 9.90 Å². The van der Waals surface area contributed by atoms with Gasteiger partial charge in [-0.15, -0.1) is 0 Å². The molecule has 3 N–H and O–H groups in total. The SMILES string of the molecule is CC(C)(C1CCN(C(=O)Nc2ccc(C#N)cc2)CC1)C(O)c1cc(Cl)cc2[nH]ncc12. The van der Waals surface area contributed by atoms with Crippen LogP contribution in [0, 0.1) is 22.7 Å². The van der Waals surface area contributed by atoms with Crippen molar-refractivity contribution < 1.29 is 9.90 Å². The van der Waals surface area contributed by atoms with Crippen LogP contribution in [0.4, 0.5) is 10.5 Å². The molecule has 1 atom stereocenters. The van der Waals surface area contributed by atoms with E-state index in [2.05, 4.69) is 35.4 Å². The minimum Gasteiger partial charge on any atom is -0.388 e. The summed E-state index contributed by atoms with van der Waals surface area (Å²) in [6.07, 6.45) is 2.58. The molecule has 0 aliphatic carbocycles. The van der Waals surface area contributed by atoms with Crippen molar-refractivity contribution in [3.63, 3.8) is 0 Å². The number of piperidine rings is 1. The fourth-order valence-corrected chi connectivity index (χ4v) is 4.78. The molecule has 4 rings (SSSR count). The summed E-state index contributed by atoms with van der Waals surface area (Å²) in [7, 11) is 0. The molecule has 0 radical (unpaired) electrons. The van der Waals surface area contributed by atoms with Gasteiger partial charge in [0.15, 0.2) is 0 Å². The summed E-state index contributed by atoms with van der Waals surface area (Å²) in [6.45, 7) is 5.36. The standard InChI is InChI=1S/C24H26ClN5O2/c1-24(2,22(31)19-11-17(25)12-21-20(19)14-27-29-21)16-7-9-30(10-8-16)23(32)28-18-5-3-15(13-26)4-6-18/h3-6,11-12,14,16,22,31H,7-10H2,1-2H3,(H,27,29)(H,28,32). The van der Waals surface area contributed by atoms with Crippen LogP contribution in [0.3, 0.4) is 0 Å². The number of benzene rings is 2. The zero-order chi connectivity index (χ0) is 22.9. The number of hydrogen-bond donors (Lipinski definition) is 3. The second-order valence-electron chi connectivity index (χ2n) is 8.93. The average Bonchev–Trinajstić information content (AvgIpc) is 3.27. The van der Waals surface area contributed by atoms with Gasteiger partial charge < -0.3 is 15.3 Å². The molecule has 2 heterocycles. The molecule has 1 aromatic heterocycles. The Morgan fingerprint density at radius 2 is 2.00 bits per heavy atom. The molecular formula is C24H26ClN5O2. The van der Waals surface area contributed by atoms with Crippen molar-refractivity contribution in [3.8, 4) is 6.07 Å². The summed E-state index contributed by atoms with van der Waals surface area (Å²) in [5.74, 6) is 0.234. The number of nitriles is 1. The van der Waals surface area contributed by atoms with Gasteiger partial charge in [-0.2, -0.15) is 10.4 Å². The summed E-state index contributed by atoms with van der Waals surface area (Å²) in [5, 5.41) is 31.6. The van der Waals surface area contributed by atoms with Gasteiger partial charge in [0, 0.05) is 29.2 Å². The summed E-state index contributed by atoms with van der Waals surface area (Å²) in [6, 6.07) is 12.3. The highest BCUT2D eigenvalue weighted by atomic mass is 35.5. The molecule has 7 nitrogen and oxygen atoms in total. The van der Waals surface area contributed by atoms with E-state index < -0.39 is 11.5 Å². The lowest BCUT2D eigenvalue weighted by Crippen LogP contribution is -2.45. The number of aromatic amines is 1. The van der Waals surface area contributed by atoms with Crippen molar-refractivity contribution in [2.45, 2.75) is 32.8 Å². The molecule has 3 aromatic rings. The molecule has 1 unspecified atom stereocenters. The number of carbonyl (C=O) groups is 1. The maximum atomic E-state index is 12.7. The number of carbonyl (C=O) groups excluding carboxylic acids is 1. The molecule has 2 amide bonds. The smallest absolute Gasteiger partial charge is 0.321 e. The van der Waals surface area contributed by atoms with Crippen molar-refractivity contribution >= 4 is 34.2 Å². The Morgan fingerprint density at radius 1 is 1.31 bits per heavy atom. The van der Waals surface area contributed by atoms with E-state index in [4.69, 9.17) is 16.9 Å². The van der Waals surface area contributed by atoms with Gasteiger partial charge in [-0.05, 0) is 66.1 Å². The van der Waals surface area contributed by atoms with Crippen molar-refractivity contribution in [1.82, 2.24) is 15.1 Å². The number of H-pyrrole nitrogens is 1. The zero-order valence-electron chi connectivity index (χ0n) is 18.1. The van der Waals surface area contributed by atoms with E-state index in [0.29, 0.717) is 29.4 Å². The molecular weight excluding hydrogens is 426 g/mol. The Kier molecular flexibility index (Phi) is 6.09. The van der Waals surface area contributed by atoms with Crippen LogP contribution in [0.5, 0.6) is 0 Å². The molecule has 2 aromatic carbocycles. The highest BCUT2D eigenvalue weighted by molar-refractivity contribution is 6.31. The minimum atomic E-state index is -0.717. The van der Waals surface area contributed by atoms with Crippen molar-refractivity contribution in [3.05, 3.63) is 58.7 Å². The number of amides is 2. The third-order valence-electron chi connectivity index (χ3n) is 6.65. The lowest BCUT2D eigenvalue weighted by Gasteiger charge is -2.43. The lowest BCUT2D eigenvalue weighted by molar-refractivity contribution is -0.0137.